The zero-order chi connectivity index (χ0) is 14.5. The Hall–Kier alpha value is -1.87. The molecule has 0 radical (unpaired) electrons. The predicted molar refractivity (Wildman–Crippen MR) is 85.0 cm³/mol. The third kappa shape index (κ3) is 2.99. The zero-order valence-electron chi connectivity index (χ0n) is 12.5. The second-order valence-corrected chi connectivity index (χ2v) is 5.11. The third-order valence-electron chi connectivity index (χ3n) is 3.74. The highest BCUT2D eigenvalue weighted by molar-refractivity contribution is 5.50. The molecule has 1 aromatic heterocycles. The van der Waals surface area contributed by atoms with Gasteiger partial charge in [-0.15, -0.1) is 0 Å². The second-order valence-electron chi connectivity index (χ2n) is 5.11. The van der Waals surface area contributed by atoms with Crippen LogP contribution in [0.2, 0.25) is 0 Å². The number of nitrogens with two attached hydrogens (primary N) is 1. The Morgan fingerprint density at radius 2 is 1.85 bits per heavy atom. The largest absolute Gasteiger partial charge is 0.363 e. The molecule has 2 N–H and O–H groups in total. The molecule has 1 unspecified atom stereocenters. The lowest BCUT2D eigenvalue weighted by molar-refractivity contribution is 0.637. The van der Waals surface area contributed by atoms with Crippen molar-refractivity contribution >= 4 is 5.69 Å². The molecule has 20 heavy (non-hydrogen) atoms. The monoisotopic (exact) mass is 269 g/mol. The zero-order valence-corrected chi connectivity index (χ0v) is 12.5. The van der Waals surface area contributed by atoms with Gasteiger partial charge in [-0.25, -0.2) is 0 Å². The van der Waals surface area contributed by atoms with Gasteiger partial charge in [0.1, 0.15) is 0 Å². The van der Waals surface area contributed by atoms with E-state index in [1.165, 1.54) is 22.4 Å². The number of rotatable bonds is 5. The Labute approximate surface area is 121 Å². The van der Waals surface area contributed by atoms with E-state index in [4.69, 9.17) is 5.73 Å². The van der Waals surface area contributed by atoms with Crippen molar-refractivity contribution in [2.24, 2.45) is 5.73 Å². The van der Waals surface area contributed by atoms with Crippen LogP contribution in [0, 0.1) is 13.8 Å². The minimum Gasteiger partial charge on any atom is -0.363 e. The number of aromatic nitrogens is 1. The number of pyridine rings is 1. The molecule has 0 aliphatic heterocycles. The molecule has 0 saturated carbocycles. The summed E-state index contributed by atoms with van der Waals surface area (Å²) in [7, 11) is 0. The van der Waals surface area contributed by atoms with E-state index in [9.17, 15) is 0 Å². The van der Waals surface area contributed by atoms with Crippen LogP contribution in [0.1, 0.15) is 29.7 Å². The minimum atomic E-state index is 0.163. The van der Waals surface area contributed by atoms with E-state index >= 15 is 0 Å². The van der Waals surface area contributed by atoms with Gasteiger partial charge in [-0.1, -0.05) is 17.7 Å². The molecular formula is C17H23N3. The number of benzene rings is 1. The highest BCUT2D eigenvalue weighted by Gasteiger charge is 2.19. The van der Waals surface area contributed by atoms with E-state index in [0.717, 1.165) is 6.54 Å². The molecule has 2 aromatic rings. The summed E-state index contributed by atoms with van der Waals surface area (Å²) in [5.74, 6) is 0. The summed E-state index contributed by atoms with van der Waals surface area (Å²) in [4.78, 5) is 6.59. The first-order chi connectivity index (χ1) is 9.67. The Kier molecular flexibility index (Phi) is 4.74. The van der Waals surface area contributed by atoms with Gasteiger partial charge in [-0.3, -0.25) is 4.98 Å². The molecule has 0 bridgehead atoms. The predicted octanol–water partition coefficient (Wildman–Crippen LogP) is 3.22. The van der Waals surface area contributed by atoms with E-state index in [1.807, 2.05) is 18.5 Å². The molecule has 1 heterocycles. The van der Waals surface area contributed by atoms with Crippen molar-refractivity contribution < 1.29 is 0 Å². The number of likely N-dealkylation sites (N-methyl/N-ethyl adjacent to an activating group) is 1. The molecule has 1 atom stereocenters. The first kappa shape index (κ1) is 14.5. The molecular weight excluding hydrogens is 246 g/mol. The van der Waals surface area contributed by atoms with Gasteiger partial charge in [0.15, 0.2) is 0 Å². The summed E-state index contributed by atoms with van der Waals surface area (Å²) in [6.45, 7) is 7.87. The number of hydrogen-bond donors (Lipinski definition) is 1. The summed E-state index contributed by atoms with van der Waals surface area (Å²) >= 11 is 0. The van der Waals surface area contributed by atoms with Crippen molar-refractivity contribution in [3.63, 3.8) is 0 Å². The third-order valence-corrected chi connectivity index (χ3v) is 3.74. The molecule has 106 valence electrons. The first-order valence-electron chi connectivity index (χ1n) is 7.11. The normalized spacial score (nSPS) is 12.2. The van der Waals surface area contributed by atoms with Crippen LogP contribution < -0.4 is 10.6 Å². The van der Waals surface area contributed by atoms with E-state index < -0.39 is 0 Å². The van der Waals surface area contributed by atoms with Gasteiger partial charge in [0.05, 0.1) is 6.04 Å². The van der Waals surface area contributed by atoms with Crippen molar-refractivity contribution in [1.82, 2.24) is 4.98 Å². The molecule has 3 nitrogen and oxygen atoms in total. The second kappa shape index (κ2) is 6.53. The fourth-order valence-electron chi connectivity index (χ4n) is 2.57. The number of nitrogens with zero attached hydrogens (tertiary/aromatic N) is 2. The lowest BCUT2D eigenvalue weighted by Gasteiger charge is -2.33. The maximum Gasteiger partial charge on any atom is 0.0682 e. The van der Waals surface area contributed by atoms with Crippen LogP contribution in [-0.2, 0) is 0 Å². The summed E-state index contributed by atoms with van der Waals surface area (Å²) in [5.41, 5.74) is 11.0. The Balaban J connectivity index is 2.38. The van der Waals surface area contributed by atoms with Gasteiger partial charge < -0.3 is 10.6 Å². The van der Waals surface area contributed by atoms with E-state index in [1.54, 1.807) is 0 Å². The van der Waals surface area contributed by atoms with Crippen LogP contribution in [0.15, 0.2) is 42.7 Å². The minimum absolute atomic E-state index is 0.163. The van der Waals surface area contributed by atoms with Crippen LogP contribution in [-0.4, -0.2) is 18.1 Å². The summed E-state index contributed by atoms with van der Waals surface area (Å²) in [5, 5.41) is 0. The molecule has 2 rings (SSSR count). The summed E-state index contributed by atoms with van der Waals surface area (Å²) in [6, 6.07) is 10.8. The van der Waals surface area contributed by atoms with Gasteiger partial charge in [0, 0.05) is 31.2 Å². The Morgan fingerprint density at radius 1 is 1.15 bits per heavy atom. The van der Waals surface area contributed by atoms with Crippen LogP contribution in [0.5, 0.6) is 0 Å². The maximum absolute atomic E-state index is 6.05. The fourth-order valence-corrected chi connectivity index (χ4v) is 2.57. The van der Waals surface area contributed by atoms with Gasteiger partial charge >= 0.3 is 0 Å². The summed E-state index contributed by atoms with van der Waals surface area (Å²) < 4.78 is 0. The van der Waals surface area contributed by atoms with Crippen molar-refractivity contribution in [3.8, 4) is 0 Å². The molecule has 0 aliphatic rings. The fraction of sp³-hybridized carbons (Fsp3) is 0.353. The maximum atomic E-state index is 6.05. The lowest BCUT2D eigenvalue weighted by atomic mass is 10.0. The van der Waals surface area contributed by atoms with Crippen molar-refractivity contribution in [2.75, 3.05) is 18.0 Å². The molecule has 0 fully saturated rings. The molecule has 1 aromatic carbocycles. The Morgan fingerprint density at radius 3 is 2.40 bits per heavy atom. The van der Waals surface area contributed by atoms with Crippen molar-refractivity contribution in [3.05, 3.63) is 59.4 Å². The Bertz CT molecular complexity index is 548. The van der Waals surface area contributed by atoms with Gasteiger partial charge in [-0.05, 0) is 50.1 Å². The van der Waals surface area contributed by atoms with Gasteiger partial charge in [0.25, 0.3) is 0 Å². The molecule has 0 saturated heterocycles. The number of aryl methyl sites for hydroxylation is 2. The van der Waals surface area contributed by atoms with Gasteiger partial charge in [-0.2, -0.15) is 0 Å². The van der Waals surface area contributed by atoms with E-state index in [0.29, 0.717) is 6.54 Å². The van der Waals surface area contributed by atoms with Crippen molar-refractivity contribution in [1.29, 1.82) is 0 Å². The van der Waals surface area contributed by atoms with E-state index in [-0.39, 0.29) is 6.04 Å². The molecule has 0 aliphatic carbocycles. The smallest absolute Gasteiger partial charge is 0.0682 e. The van der Waals surface area contributed by atoms with E-state index in [2.05, 4.69) is 54.9 Å². The molecule has 0 amide bonds. The topological polar surface area (TPSA) is 42.1 Å². The van der Waals surface area contributed by atoms with Crippen LogP contribution in [0.25, 0.3) is 0 Å². The van der Waals surface area contributed by atoms with Gasteiger partial charge in [0.2, 0.25) is 0 Å². The summed E-state index contributed by atoms with van der Waals surface area (Å²) in [6.07, 6.45) is 3.76. The molecule has 3 heteroatoms. The quantitative estimate of drug-likeness (QED) is 0.906. The average Bonchev–Trinajstić information content (AvgIpc) is 2.47. The highest BCUT2D eigenvalue weighted by atomic mass is 15.2. The number of hydrogen-bond acceptors (Lipinski definition) is 3. The van der Waals surface area contributed by atoms with Crippen LogP contribution in [0.4, 0.5) is 5.69 Å². The standard InChI is InChI=1S/C17H23N3/c1-4-20(15-7-5-13(2)6-8-15)17(11-18)16-12-19-10-9-14(16)3/h5-10,12,17H,4,11,18H2,1-3H3. The van der Waals surface area contributed by atoms with Crippen molar-refractivity contribution in [2.45, 2.75) is 26.8 Å². The molecule has 0 spiro atoms. The SMILES string of the molecule is CCN(c1ccc(C)cc1)C(CN)c1cnccc1C. The lowest BCUT2D eigenvalue weighted by Crippen LogP contribution is -2.34. The number of anilines is 1. The van der Waals surface area contributed by atoms with Crippen LogP contribution in [0.3, 0.4) is 0 Å². The average molecular weight is 269 g/mol. The first-order valence-corrected chi connectivity index (χ1v) is 7.11. The highest BCUT2D eigenvalue weighted by Crippen LogP contribution is 2.27. The van der Waals surface area contributed by atoms with Crippen LogP contribution >= 0.6 is 0 Å².